The van der Waals surface area contributed by atoms with Crippen molar-refractivity contribution in [2.24, 2.45) is 5.92 Å². The minimum absolute atomic E-state index is 0.0117. The van der Waals surface area contributed by atoms with Gasteiger partial charge >= 0.3 is 0 Å². The Hall–Kier alpha value is -2.31. The van der Waals surface area contributed by atoms with Crippen LogP contribution in [0.3, 0.4) is 0 Å². The van der Waals surface area contributed by atoms with E-state index in [-0.39, 0.29) is 5.91 Å². The van der Waals surface area contributed by atoms with Crippen molar-refractivity contribution in [1.82, 2.24) is 4.90 Å². The third kappa shape index (κ3) is 5.84. The van der Waals surface area contributed by atoms with E-state index in [1.165, 1.54) is 11.8 Å². The summed E-state index contributed by atoms with van der Waals surface area (Å²) in [6.07, 6.45) is 1.88. The molecule has 0 N–H and O–H groups in total. The first-order valence-electron chi connectivity index (χ1n) is 9.60. The molecule has 29 heavy (non-hydrogen) atoms. The molecule has 0 saturated carbocycles. The molecule has 1 aliphatic rings. The molecule has 1 fully saturated rings. The summed E-state index contributed by atoms with van der Waals surface area (Å²) in [6.45, 7) is 7.76. The molecule has 0 unspecified atom stereocenters. The van der Waals surface area contributed by atoms with Gasteiger partial charge in [-0.2, -0.15) is 0 Å². The number of benzene rings is 2. The number of ether oxygens (including phenoxy) is 2. The lowest BCUT2D eigenvalue weighted by atomic mass is 10.2. The maximum Gasteiger partial charge on any atom is 0.266 e. The van der Waals surface area contributed by atoms with Crippen molar-refractivity contribution >= 4 is 40.3 Å². The number of amides is 1. The third-order valence-corrected chi connectivity index (χ3v) is 5.68. The Balaban J connectivity index is 1.52. The predicted octanol–water partition coefficient (Wildman–Crippen LogP) is 5.31. The number of nitrogens with zero attached hydrogens (tertiary/aromatic N) is 1. The van der Waals surface area contributed by atoms with Crippen molar-refractivity contribution in [3.8, 4) is 11.5 Å². The molecule has 1 heterocycles. The zero-order chi connectivity index (χ0) is 20.8. The van der Waals surface area contributed by atoms with Crippen LogP contribution >= 0.6 is 24.0 Å². The first-order valence-corrected chi connectivity index (χ1v) is 10.8. The predicted molar refractivity (Wildman–Crippen MR) is 123 cm³/mol. The van der Waals surface area contributed by atoms with Gasteiger partial charge in [-0.15, -0.1) is 0 Å². The first kappa shape index (κ1) is 21.4. The lowest BCUT2D eigenvalue weighted by molar-refractivity contribution is -0.122. The summed E-state index contributed by atoms with van der Waals surface area (Å²) in [6, 6.07) is 15.6. The monoisotopic (exact) mass is 427 g/mol. The molecule has 0 aromatic heterocycles. The second kappa shape index (κ2) is 9.94. The number of aryl methyl sites for hydroxylation is 1. The normalized spacial score (nSPS) is 15.4. The Kier molecular flexibility index (Phi) is 7.34. The molecule has 6 heteroatoms. The van der Waals surface area contributed by atoms with Gasteiger partial charge in [0.25, 0.3) is 5.91 Å². The SMILES string of the molecule is Cc1ccccc1OCCOc1ccc(/C=C2\SC(=S)N(CC(C)C)C2=O)cc1. The molecule has 0 spiro atoms. The fourth-order valence-electron chi connectivity index (χ4n) is 2.86. The van der Waals surface area contributed by atoms with Crippen LogP contribution in [-0.2, 0) is 4.79 Å². The topological polar surface area (TPSA) is 38.8 Å². The molecule has 0 atom stereocenters. The molecule has 0 aliphatic carbocycles. The van der Waals surface area contributed by atoms with E-state index in [4.69, 9.17) is 21.7 Å². The molecule has 1 saturated heterocycles. The Bertz CT molecular complexity index is 907. The first-order chi connectivity index (χ1) is 13.9. The van der Waals surface area contributed by atoms with Gasteiger partial charge in [-0.1, -0.05) is 68.2 Å². The van der Waals surface area contributed by atoms with Crippen LogP contribution in [0, 0.1) is 12.8 Å². The van der Waals surface area contributed by atoms with E-state index in [9.17, 15) is 4.79 Å². The van der Waals surface area contributed by atoms with E-state index in [2.05, 4.69) is 13.8 Å². The van der Waals surface area contributed by atoms with Gasteiger partial charge < -0.3 is 9.47 Å². The van der Waals surface area contributed by atoms with Crippen LogP contribution in [0.1, 0.15) is 25.0 Å². The van der Waals surface area contributed by atoms with Crippen molar-refractivity contribution in [1.29, 1.82) is 0 Å². The summed E-state index contributed by atoms with van der Waals surface area (Å²) < 4.78 is 12.1. The van der Waals surface area contributed by atoms with E-state index in [1.807, 2.05) is 61.5 Å². The fourth-order valence-corrected chi connectivity index (χ4v) is 4.14. The number of para-hydroxylation sites is 1. The Morgan fingerprint density at radius 1 is 1.07 bits per heavy atom. The average Bonchev–Trinajstić information content (AvgIpc) is 2.95. The Morgan fingerprint density at radius 3 is 2.45 bits per heavy atom. The zero-order valence-corrected chi connectivity index (χ0v) is 18.5. The summed E-state index contributed by atoms with van der Waals surface area (Å²) in [7, 11) is 0. The minimum Gasteiger partial charge on any atom is -0.490 e. The lowest BCUT2D eigenvalue weighted by Gasteiger charge is -2.16. The van der Waals surface area contributed by atoms with E-state index in [0.29, 0.717) is 34.9 Å². The molecule has 0 radical (unpaired) electrons. The largest absolute Gasteiger partial charge is 0.490 e. The van der Waals surface area contributed by atoms with Gasteiger partial charge in [0.15, 0.2) is 0 Å². The van der Waals surface area contributed by atoms with Crippen LogP contribution in [0.15, 0.2) is 53.4 Å². The minimum atomic E-state index is -0.0117. The Morgan fingerprint density at radius 2 is 1.76 bits per heavy atom. The van der Waals surface area contributed by atoms with Crippen molar-refractivity contribution < 1.29 is 14.3 Å². The molecular weight excluding hydrogens is 402 g/mol. The summed E-state index contributed by atoms with van der Waals surface area (Å²) in [5.74, 6) is 2.01. The van der Waals surface area contributed by atoms with Crippen LogP contribution in [0.4, 0.5) is 0 Å². The highest BCUT2D eigenvalue weighted by Crippen LogP contribution is 2.33. The maximum atomic E-state index is 12.5. The number of carbonyl (C=O) groups is 1. The molecule has 0 bridgehead atoms. The fraction of sp³-hybridized carbons (Fsp3) is 0.304. The van der Waals surface area contributed by atoms with Gasteiger partial charge in [0.1, 0.15) is 29.0 Å². The van der Waals surface area contributed by atoms with Gasteiger partial charge in [0, 0.05) is 6.54 Å². The highest BCUT2D eigenvalue weighted by molar-refractivity contribution is 8.26. The van der Waals surface area contributed by atoms with E-state index >= 15 is 0 Å². The molecular formula is C23H25NO3S2. The highest BCUT2D eigenvalue weighted by atomic mass is 32.2. The van der Waals surface area contributed by atoms with Crippen LogP contribution in [0.2, 0.25) is 0 Å². The lowest BCUT2D eigenvalue weighted by Crippen LogP contribution is -2.31. The number of carbonyl (C=O) groups excluding carboxylic acids is 1. The quantitative estimate of drug-likeness (QED) is 0.324. The third-order valence-electron chi connectivity index (χ3n) is 4.30. The van der Waals surface area contributed by atoms with E-state index < -0.39 is 0 Å². The van der Waals surface area contributed by atoms with Gasteiger partial charge in [-0.25, -0.2) is 0 Å². The van der Waals surface area contributed by atoms with Gasteiger partial charge in [-0.3, -0.25) is 9.69 Å². The maximum absolute atomic E-state index is 12.5. The standard InChI is InChI=1S/C23H25NO3S2/c1-16(2)15-24-22(25)21(29-23(24)28)14-18-8-10-19(11-9-18)26-12-13-27-20-7-5-4-6-17(20)3/h4-11,14,16H,12-13,15H2,1-3H3/b21-14-. The van der Waals surface area contributed by atoms with Gasteiger partial charge in [-0.05, 0) is 48.2 Å². The van der Waals surface area contributed by atoms with Gasteiger partial charge in [0.2, 0.25) is 0 Å². The zero-order valence-electron chi connectivity index (χ0n) is 16.9. The Labute approximate surface area is 181 Å². The van der Waals surface area contributed by atoms with Crippen LogP contribution in [0.25, 0.3) is 6.08 Å². The second-order valence-electron chi connectivity index (χ2n) is 7.22. The van der Waals surface area contributed by atoms with Crippen molar-refractivity contribution in [3.63, 3.8) is 0 Å². The van der Waals surface area contributed by atoms with E-state index in [1.54, 1.807) is 4.90 Å². The summed E-state index contributed by atoms with van der Waals surface area (Å²) >= 11 is 6.71. The van der Waals surface area contributed by atoms with Crippen LogP contribution < -0.4 is 9.47 Å². The second-order valence-corrected chi connectivity index (χ2v) is 8.89. The van der Waals surface area contributed by atoms with Crippen LogP contribution in [-0.4, -0.2) is 34.9 Å². The number of hydrogen-bond donors (Lipinski definition) is 0. The number of hydrogen-bond acceptors (Lipinski definition) is 5. The summed E-state index contributed by atoms with van der Waals surface area (Å²) in [4.78, 5) is 14.9. The molecule has 4 nitrogen and oxygen atoms in total. The highest BCUT2D eigenvalue weighted by Gasteiger charge is 2.32. The molecule has 1 aliphatic heterocycles. The molecule has 3 rings (SSSR count). The average molecular weight is 428 g/mol. The van der Waals surface area contributed by atoms with Gasteiger partial charge in [0.05, 0.1) is 4.91 Å². The number of thioether (sulfide) groups is 1. The molecule has 2 aromatic carbocycles. The molecule has 2 aromatic rings. The number of rotatable bonds is 8. The van der Waals surface area contributed by atoms with Crippen molar-refractivity contribution in [2.75, 3.05) is 19.8 Å². The summed E-state index contributed by atoms with van der Waals surface area (Å²) in [5.41, 5.74) is 2.05. The van der Waals surface area contributed by atoms with E-state index in [0.717, 1.165) is 22.6 Å². The smallest absolute Gasteiger partial charge is 0.266 e. The molecule has 152 valence electrons. The van der Waals surface area contributed by atoms with Crippen LogP contribution in [0.5, 0.6) is 11.5 Å². The summed E-state index contributed by atoms with van der Waals surface area (Å²) in [5, 5.41) is 0. The van der Waals surface area contributed by atoms with Crippen molar-refractivity contribution in [3.05, 3.63) is 64.6 Å². The van der Waals surface area contributed by atoms with Crippen molar-refractivity contribution in [2.45, 2.75) is 20.8 Å². The number of thiocarbonyl (C=S) groups is 1. The molecule has 1 amide bonds.